The Labute approximate surface area is 620 Å². The number of hydrogen-bond acceptors (Lipinski definition) is 24. The lowest BCUT2D eigenvalue weighted by molar-refractivity contribution is -0.143. The number of unbranched alkanes of at least 4 members (excludes halogenated alkanes) is 1. The number of carbonyl (C=O) groups excluding carboxylic acids is 7. The number of aliphatic hydroxyl groups is 5. The second-order valence-electron chi connectivity index (χ2n) is 27.0. The Balaban J connectivity index is 1.22. The normalized spacial score (nSPS) is 26.1. The van der Waals surface area contributed by atoms with E-state index in [9.17, 15) is 97.4 Å². The SMILES string of the molecule is CCCCNC(=O)N[C@H]1CSCc2cc(CSCCNC(=O)CCP(=O)(O)CN3CCN(CP(=O)(O)CO)CCN(CP(=O)(O)CO)CC3)cc(c2)CSCC(C(=O)O)NC(=O)[C@H](CCc2ccccc2)NC(=O)[C@H](CCC(N)=O)NC(O)[C@H]([C@@H](C)O)NC(=O)[C@@H]2CCCN2C(O)[C@@H]2CCCN2C1=O. The van der Waals surface area contributed by atoms with Gasteiger partial charge in [0.15, 0.2) is 0 Å². The van der Waals surface area contributed by atoms with Crippen molar-refractivity contribution in [3.8, 4) is 0 Å². The summed E-state index contributed by atoms with van der Waals surface area (Å²) in [6, 6.07) is 5.46. The molecule has 39 heteroatoms. The molecule has 33 nitrogen and oxygen atoms in total. The van der Waals surface area contributed by atoms with Gasteiger partial charge in [0.05, 0.1) is 49.1 Å². The minimum atomic E-state index is -4.02. The zero-order chi connectivity index (χ0) is 76.2. The predicted molar refractivity (Wildman–Crippen MR) is 397 cm³/mol. The number of thioether (sulfide) groups is 3. The smallest absolute Gasteiger partial charge is 0.327 e. The summed E-state index contributed by atoms with van der Waals surface area (Å²) < 4.78 is 38.6. The molecule has 2 aromatic rings. The van der Waals surface area contributed by atoms with Crippen LogP contribution in [0.25, 0.3) is 0 Å². The number of fused-ring (bicyclic) bond motifs is 4. The van der Waals surface area contributed by atoms with Gasteiger partial charge in [0, 0.05) is 119 Å². The van der Waals surface area contributed by atoms with Crippen molar-refractivity contribution in [2.75, 3.05) is 120 Å². The average Bonchev–Trinajstić information content (AvgIpc) is 1.63. The van der Waals surface area contributed by atoms with Crippen molar-refractivity contribution in [3.05, 3.63) is 70.8 Å². The molecule has 6 unspecified atom stereocenters. The van der Waals surface area contributed by atoms with Crippen LogP contribution in [-0.2, 0) is 70.9 Å². The number of carboxylic acids is 1. The molecule has 0 radical (unpaired) electrons. The van der Waals surface area contributed by atoms with E-state index in [-0.39, 0.29) is 140 Å². The summed E-state index contributed by atoms with van der Waals surface area (Å²) in [6.45, 7) is 5.26. The second-order valence-corrected chi connectivity index (χ2v) is 37.1. The molecule has 2 bridgehead atoms. The van der Waals surface area contributed by atoms with Crippen molar-refractivity contribution in [2.24, 2.45) is 5.73 Å². The van der Waals surface area contributed by atoms with E-state index in [4.69, 9.17) is 5.73 Å². The maximum Gasteiger partial charge on any atom is 0.327 e. The van der Waals surface area contributed by atoms with E-state index < -0.39 is 143 Å². The number of aliphatic carboxylic acids is 1. The summed E-state index contributed by atoms with van der Waals surface area (Å²) in [5.74, 6) is -4.29. The number of nitrogens with two attached hydrogens (primary N) is 1. The van der Waals surface area contributed by atoms with Crippen LogP contribution in [-0.4, -0.2) is 299 Å². The highest BCUT2D eigenvalue weighted by Crippen LogP contribution is 2.44. The average molecular weight is 1580 g/mol. The van der Waals surface area contributed by atoms with E-state index in [0.717, 1.165) is 28.7 Å². The first-order valence-corrected chi connectivity index (χ1v) is 44.7. The summed E-state index contributed by atoms with van der Waals surface area (Å²) in [5, 5.41) is 83.8. The Bertz CT molecular complexity index is 3260. The van der Waals surface area contributed by atoms with Crippen molar-refractivity contribution in [2.45, 2.75) is 163 Å². The number of primary amides is 1. The maximum absolute atomic E-state index is 14.9. The highest BCUT2D eigenvalue weighted by Gasteiger charge is 2.45. The van der Waals surface area contributed by atoms with Crippen LogP contribution in [0.4, 0.5) is 4.79 Å². The molecule has 4 aliphatic heterocycles. The molecule has 3 fully saturated rings. The Morgan fingerprint density at radius 2 is 1.31 bits per heavy atom. The van der Waals surface area contributed by atoms with Crippen molar-refractivity contribution < 1.29 is 97.4 Å². The number of aliphatic hydroxyl groups excluding tert-OH is 5. The minimum absolute atomic E-state index is 0.0341. The summed E-state index contributed by atoms with van der Waals surface area (Å²) in [7, 11) is -12.0. The second kappa shape index (κ2) is 44.0. The van der Waals surface area contributed by atoms with Gasteiger partial charge >= 0.3 is 12.0 Å². The molecule has 0 aliphatic carbocycles. The predicted octanol–water partition coefficient (Wildman–Crippen LogP) is -0.255. The van der Waals surface area contributed by atoms with E-state index in [1.807, 2.05) is 37.3 Å². The first-order valence-electron chi connectivity index (χ1n) is 35.2. The van der Waals surface area contributed by atoms with Crippen LogP contribution in [0.1, 0.15) is 100 Å². The number of carboxylic acid groups (broad SMARTS) is 1. The fraction of sp³-hybridized carbons (Fsp3) is 0.692. The number of amides is 8. The zero-order valence-electron chi connectivity index (χ0n) is 59.1. The molecule has 0 aromatic heterocycles. The largest absolute Gasteiger partial charge is 0.480 e. The minimum Gasteiger partial charge on any atom is -0.480 e. The highest BCUT2D eigenvalue weighted by molar-refractivity contribution is 7.99. The number of hydrogen-bond donors (Lipinski definition) is 17. The highest BCUT2D eigenvalue weighted by atomic mass is 32.2. The van der Waals surface area contributed by atoms with Crippen LogP contribution in [0, 0.1) is 0 Å². The number of rotatable bonds is 28. The zero-order valence-corrected chi connectivity index (χ0v) is 64.3. The van der Waals surface area contributed by atoms with Gasteiger partial charge < -0.3 is 87.9 Å². The Kier molecular flexibility index (Phi) is 37.3. The van der Waals surface area contributed by atoms with Crippen molar-refractivity contribution in [3.63, 3.8) is 0 Å². The summed E-state index contributed by atoms with van der Waals surface area (Å²) in [5.41, 5.74) is 8.72. The molecule has 104 heavy (non-hydrogen) atoms. The molecule has 2 aromatic carbocycles. The lowest BCUT2D eigenvalue weighted by Crippen LogP contribution is -2.63. The van der Waals surface area contributed by atoms with E-state index in [2.05, 4.69) is 37.2 Å². The number of nitrogens with zero attached hydrogens (tertiary/aromatic N) is 5. The molecule has 18 N–H and O–H groups in total. The fourth-order valence-electron chi connectivity index (χ4n) is 12.7. The third kappa shape index (κ3) is 30.3. The summed E-state index contributed by atoms with van der Waals surface area (Å²) >= 11 is 4.03. The summed E-state index contributed by atoms with van der Waals surface area (Å²) in [6.07, 6.45) is -5.92. The van der Waals surface area contributed by atoms with E-state index in [0.29, 0.717) is 49.5 Å². The first-order chi connectivity index (χ1) is 49.4. The fourth-order valence-corrected chi connectivity index (χ4v) is 19.1. The van der Waals surface area contributed by atoms with Gasteiger partial charge in [-0.05, 0) is 80.5 Å². The molecular weight excluding hydrogens is 1470 g/mol. The molecular formula is C65H108N13O20P3S3. The molecule has 3 saturated heterocycles. The standard InChI is InChI=1S/C65H108N13O20P3S3/c1-3-4-19-68-65(92)72-51-37-103-35-47-31-46(34-102-30-20-67-56(83)18-29-99(93,94)39-74-23-25-75(40-100(95,96)42-79)27-28-76(26-24-74)41-101(97,98)43-80)32-48(33-47)36-104-38-52(64(90)91)71-59(85)49(15-14-45-10-6-5-7-11-45)69-58(84)50(16-17-55(66)82)70-61(87)57(44(2)81)73-60(86)53-12-8-21-77(53)63(89)54-13-9-22-78(54)62(51)88/h5-7,10-11,31-33,44,49-54,57,61,63,70,79-81,87,89H,3-4,8-9,12-30,34-43H2,1-2H3,(H2,66,82)(H,67,83)(H,69,84)(H,71,85)(H,73,86)(H,90,91)(H,93,94)(H,95,96)(H,97,98)(H2,68,72,92)/t44-,49+,50+,51+,52?,53+,54+,57+,61?,63?/m1/s1. The third-order valence-corrected chi connectivity index (χ3v) is 25.9. The Morgan fingerprint density at radius 3 is 1.89 bits per heavy atom. The van der Waals surface area contributed by atoms with Crippen LogP contribution in [0.3, 0.4) is 0 Å². The number of aryl methyl sites for hydroxylation is 1. The van der Waals surface area contributed by atoms with Crippen molar-refractivity contribution in [1.82, 2.24) is 61.7 Å². The van der Waals surface area contributed by atoms with Gasteiger partial charge in [-0.1, -0.05) is 61.9 Å². The molecule has 6 rings (SSSR count). The van der Waals surface area contributed by atoms with Gasteiger partial charge in [0.1, 0.15) is 43.3 Å². The van der Waals surface area contributed by atoms with Gasteiger partial charge in [0.2, 0.25) is 57.5 Å². The lowest BCUT2D eigenvalue weighted by atomic mass is 10.0. The topological polar surface area (TPSA) is 496 Å². The number of benzene rings is 2. The van der Waals surface area contributed by atoms with E-state index in [1.165, 1.54) is 47.1 Å². The van der Waals surface area contributed by atoms with Crippen LogP contribution >= 0.6 is 57.4 Å². The third-order valence-electron chi connectivity index (χ3n) is 18.3. The van der Waals surface area contributed by atoms with Gasteiger partial charge in [-0.15, -0.1) is 0 Å². The molecule has 0 saturated carbocycles. The molecule has 4 aliphatic rings. The molecule has 8 amide bonds. The maximum atomic E-state index is 14.9. The summed E-state index contributed by atoms with van der Waals surface area (Å²) in [4.78, 5) is 149. The van der Waals surface area contributed by atoms with Crippen LogP contribution in [0.15, 0.2) is 48.5 Å². The molecule has 0 spiro atoms. The lowest BCUT2D eigenvalue weighted by Gasteiger charge is -2.38. The van der Waals surface area contributed by atoms with Crippen LogP contribution in [0.5, 0.6) is 0 Å². The van der Waals surface area contributed by atoms with Gasteiger partial charge in [-0.25, -0.2) is 9.59 Å². The number of urea groups is 1. The molecule has 586 valence electrons. The number of carbonyl (C=O) groups is 8. The van der Waals surface area contributed by atoms with Gasteiger partial charge in [-0.3, -0.25) is 67.4 Å². The van der Waals surface area contributed by atoms with Crippen LogP contribution < -0.4 is 43.0 Å². The van der Waals surface area contributed by atoms with Crippen molar-refractivity contribution in [1.29, 1.82) is 0 Å². The Hall–Kier alpha value is -4.78. The number of nitrogens with one attached hydrogen (secondary N) is 7. The first kappa shape index (κ1) is 88.1. The van der Waals surface area contributed by atoms with E-state index >= 15 is 0 Å². The van der Waals surface area contributed by atoms with E-state index in [1.54, 1.807) is 37.8 Å². The van der Waals surface area contributed by atoms with Crippen molar-refractivity contribution >= 4 is 105 Å². The quantitative estimate of drug-likeness (QED) is 0.0386. The Morgan fingerprint density at radius 1 is 0.712 bits per heavy atom. The monoisotopic (exact) mass is 1580 g/mol. The molecule has 13 atom stereocenters. The van der Waals surface area contributed by atoms with Gasteiger partial charge in [0.25, 0.3) is 0 Å². The van der Waals surface area contributed by atoms with Crippen LogP contribution in [0.2, 0.25) is 0 Å². The molecule has 4 heterocycles. The van der Waals surface area contributed by atoms with Gasteiger partial charge in [-0.2, -0.15) is 35.3 Å².